The molecule has 0 radical (unpaired) electrons. The van der Waals surface area contributed by atoms with E-state index in [1.807, 2.05) is 0 Å². The third-order valence-electron chi connectivity index (χ3n) is 5.23. The summed E-state index contributed by atoms with van der Waals surface area (Å²) in [5.74, 6) is 0.691. The first-order valence-corrected chi connectivity index (χ1v) is 9.54. The van der Waals surface area contributed by atoms with Crippen molar-refractivity contribution in [3.8, 4) is 0 Å². The second-order valence-corrected chi connectivity index (χ2v) is 7.58. The predicted molar refractivity (Wildman–Crippen MR) is 104 cm³/mol. The Morgan fingerprint density at radius 1 is 1.12 bits per heavy atom. The van der Waals surface area contributed by atoms with Crippen LogP contribution in [0.1, 0.15) is 53.0 Å². The fourth-order valence-corrected chi connectivity index (χ4v) is 4.06. The van der Waals surface area contributed by atoms with Crippen LogP contribution in [-0.4, -0.2) is 33.7 Å². The Labute approximate surface area is 154 Å². The molecule has 5 heteroatoms. The third-order valence-corrected chi connectivity index (χ3v) is 5.23. The van der Waals surface area contributed by atoms with Crippen LogP contribution in [0.4, 0.5) is 0 Å². The van der Waals surface area contributed by atoms with E-state index in [9.17, 15) is 4.79 Å². The van der Waals surface area contributed by atoms with Gasteiger partial charge < -0.3 is 4.98 Å². The molecule has 2 aliphatic heterocycles. The lowest BCUT2D eigenvalue weighted by Crippen LogP contribution is -2.36. The molecule has 4 rings (SSSR count). The summed E-state index contributed by atoms with van der Waals surface area (Å²) >= 11 is 0. The maximum atomic E-state index is 12.7. The van der Waals surface area contributed by atoms with E-state index in [1.54, 1.807) is 0 Å². The number of rotatable bonds is 3. The van der Waals surface area contributed by atoms with Crippen LogP contribution in [0.15, 0.2) is 28.0 Å². The van der Waals surface area contributed by atoms with Crippen molar-refractivity contribution in [2.45, 2.75) is 52.6 Å². The van der Waals surface area contributed by atoms with Crippen LogP contribution in [0.25, 0.3) is 0 Å². The minimum absolute atomic E-state index is 0.00314. The lowest BCUT2D eigenvalue weighted by atomic mass is 10.0. The van der Waals surface area contributed by atoms with Crippen molar-refractivity contribution in [3.63, 3.8) is 0 Å². The Bertz CT molecular complexity index is 892. The summed E-state index contributed by atoms with van der Waals surface area (Å²) in [6, 6.07) is 6.66. The number of H-pyrrole nitrogens is 1. The number of hydrogen-bond donors (Lipinski definition) is 1. The van der Waals surface area contributed by atoms with Gasteiger partial charge in [0.15, 0.2) is 5.82 Å². The molecule has 0 aliphatic carbocycles. The highest BCUT2D eigenvalue weighted by Crippen LogP contribution is 2.19. The highest BCUT2D eigenvalue weighted by Gasteiger charge is 2.22. The number of fused-ring (bicyclic) bond motifs is 1. The molecule has 0 atom stereocenters. The van der Waals surface area contributed by atoms with Crippen LogP contribution in [-0.2, 0) is 19.5 Å². The van der Waals surface area contributed by atoms with E-state index in [4.69, 9.17) is 4.98 Å². The number of nitrogens with one attached hydrogen (secondary N) is 1. The van der Waals surface area contributed by atoms with E-state index in [1.165, 1.54) is 16.7 Å². The summed E-state index contributed by atoms with van der Waals surface area (Å²) < 4.78 is 0. The SMILES string of the molecule is Cc1cc(C)cc(CN2CCc3nc(C4=NCCCC4)[nH]c(=O)c3C2)c1. The first kappa shape index (κ1) is 17.2. The second kappa shape index (κ2) is 7.16. The molecule has 0 amide bonds. The molecule has 2 aliphatic rings. The van der Waals surface area contributed by atoms with Gasteiger partial charge in [-0.05, 0) is 38.7 Å². The first-order valence-electron chi connectivity index (χ1n) is 9.54. The quantitative estimate of drug-likeness (QED) is 0.926. The van der Waals surface area contributed by atoms with Gasteiger partial charge >= 0.3 is 0 Å². The predicted octanol–water partition coefficient (Wildman–Crippen LogP) is 2.92. The van der Waals surface area contributed by atoms with Crippen LogP contribution in [0.2, 0.25) is 0 Å². The summed E-state index contributed by atoms with van der Waals surface area (Å²) in [5.41, 5.74) is 6.62. The molecule has 5 nitrogen and oxygen atoms in total. The van der Waals surface area contributed by atoms with Crippen LogP contribution in [0.3, 0.4) is 0 Å². The average molecular weight is 350 g/mol. The molecule has 1 aromatic heterocycles. The highest BCUT2D eigenvalue weighted by molar-refractivity contribution is 5.97. The summed E-state index contributed by atoms with van der Waals surface area (Å²) in [4.78, 5) is 27.3. The van der Waals surface area contributed by atoms with Crippen LogP contribution in [0.5, 0.6) is 0 Å². The molecular formula is C21H26N4O. The fraction of sp³-hybridized carbons (Fsp3) is 0.476. The number of aliphatic imine (C=N–C) groups is 1. The lowest BCUT2D eigenvalue weighted by Gasteiger charge is -2.28. The first-order chi connectivity index (χ1) is 12.6. The maximum absolute atomic E-state index is 12.7. The molecule has 0 fully saturated rings. The van der Waals surface area contributed by atoms with Gasteiger partial charge in [-0.3, -0.25) is 14.7 Å². The molecule has 0 bridgehead atoms. The minimum Gasteiger partial charge on any atom is -0.305 e. The molecule has 3 heterocycles. The molecular weight excluding hydrogens is 324 g/mol. The molecule has 0 spiro atoms. The zero-order chi connectivity index (χ0) is 18.1. The Hall–Kier alpha value is -2.27. The standard InChI is InChI=1S/C21H26N4O/c1-14-9-15(2)11-16(10-14)12-25-8-6-18-17(13-25)21(26)24-20(23-18)19-5-3-4-7-22-19/h9-11H,3-8,12-13H2,1-2H3,(H,23,24,26). The van der Waals surface area contributed by atoms with Crippen LogP contribution in [0, 0.1) is 13.8 Å². The molecule has 1 aromatic carbocycles. The topological polar surface area (TPSA) is 61.4 Å². The van der Waals surface area contributed by atoms with Gasteiger partial charge in [-0.1, -0.05) is 29.3 Å². The molecule has 136 valence electrons. The Balaban J connectivity index is 1.55. The van der Waals surface area contributed by atoms with Crippen molar-refractivity contribution in [2.75, 3.05) is 13.1 Å². The van der Waals surface area contributed by atoms with E-state index in [0.29, 0.717) is 12.4 Å². The minimum atomic E-state index is 0.00314. The van der Waals surface area contributed by atoms with Crippen molar-refractivity contribution in [1.29, 1.82) is 0 Å². The maximum Gasteiger partial charge on any atom is 0.255 e. The summed E-state index contributed by atoms with van der Waals surface area (Å²) in [7, 11) is 0. The Morgan fingerprint density at radius 2 is 1.92 bits per heavy atom. The van der Waals surface area contributed by atoms with Crippen LogP contribution < -0.4 is 5.56 Å². The third kappa shape index (κ3) is 3.63. The van der Waals surface area contributed by atoms with Gasteiger partial charge in [0.2, 0.25) is 0 Å². The van der Waals surface area contributed by atoms with Gasteiger partial charge in [-0.15, -0.1) is 0 Å². The molecule has 0 saturated carbocycles. The average Bonchev–Trinajstić information content (AvgIpc) is 2.62. The summed E-state index contributed by atoms with van der Waals surface area (Å²) in [6.45, 7) is 7.58. The molecule has 0 saturated heterocycles. The molecule has 0 unspecified atom stereocenters. The number of benzene rings is 1. The number of hydrogen-bond acceptors (Lipinski definition) is 4. The summed E-state index contributed by atoms with van der Waals surface area (Å²) in [5, 5.41) is 0. The lowest BCUT2D eigenvalue weighted by molar-refractivity contribution is 0.241. The number of aromatic nitrogens is 2. The van der Waals surface area contributed by atoms with E-state index in [0.717, 1.165) is 62.3 Å². The number of aromatic amines is 1. The van der Waals surface area contributed by atoms with Crippen LogP contribution >= 0.6 is 0 Å². The largest absolute Gasteiger partial charge is 0.305 e. The van der Waals surface area contributed by atoms with Gasteiger partial charge in [-0.25, -0.2) is 4.98 Å². The molecule has 1 N–H and O–H groups in total. The molecule has 26 heavy (non-hydrogen) atoms. The van der Waals surface area contributed by atoms with Gasteiger partial charge in [-0.2, -0.15) is 0 Å². The second-order valence-electron chi connectivity index (χ2n) is 7.58. The Kier molecular flexibility index (Phi) is 4.72. The monoisotopic (exact) mass is 350 g/mol. The number of aryl methyl sites for hydroxylation is 2. The smallest absolute Gasteiger partial charge is 0.255 e. The fourth-order valence-electron chi connectivity index (χ4n) is 4.06. The Morgan fingerprint density at radius 3 is 2.65 bits per heavy atom. The van der Waals surface area contributed by atoms with E-state index in [-0.39, 0.29) is 5.56 Å². The van der Waals surface area contributed by atoms with E-state index < -0.39 is 0 Å². The zero-order valence-corrected chi connectivity index (χ0v) is 15.6. The molecule has 2 aromatic rings. The van der Waals surface area contributed by atoms with Gasteiger partial charge in [0.05, 0.1) is 17.0 Å². The normalized spacial score (nSPS) is 17.7. The van der Waals surface area contributed by atoms with Crippen molar-refractivity contribution in [3.05, 3.63) is 62.3 Å². The summed E-state index contributed by atoms with van der Waals surface area (Å²) in [6.07, 6.45) is 4.00. The highest BCUT2D eigenvalue weighted by atomic mass is 16.1. The van der Waals surface area contributed by atoms with Gasteiger partial charge in [0.25, 0.3) is 5.56 Å². The van der Waals surface area contributed by atoms with Crippen molar-refractivity contribution < 1.29 is 0 Å². The zero-order valence-electron chi connectivity index (χ0n) is 15.6. The van der Waals surface area contributed by atoms with Gasteiger partial charge in [0, 0.05) is 32.6 Å². The van der Waals surface area contributed by atoms with Crippen molar-refractivity contribution >= 4 is 5.71 Å². The van der Waals surface area contributed by atoms with Crippen molar-refractivity contribution in [2.24, 2.45) is 4.99 Å². The van der Waals surface area contributed by atoms with Crippen molar-refractivity contribution in [1.82, 2.24) is 14.9 Å². The van der Waals surface area contributed by atoms with E-state index in [2.05, 4.69) is 46.9 Å². The van der Waals surface area contributed by atoms with Gasteiger partial charge in [0.1, 0.15) is 0 Å². The van der Waals surface area contributed by atoms with E-state index >= 15 is 0 Å². The number of nitrogens with zero attached hydrogens (tertiary/aromatic N) is 3.